The van der Waals surface area contributed by atoms with Crippen LogP contribution in [0.1, 0.15) is 63.9 Å². The van der Waals surface area contributed by atoms with Gasteiger partial charge in [0.05, 0.1) is 4.90 Å². The Kier molecular flexibility index (Phi) is 11.5. The monoisotopic (exact) mass is 581 g/mol. The highest BCUT2D eigenvalue weighted by Crippen LogP contribution is 2.25. The molecule has 0 heterocycles. The van der Waals surface area contributed by atoms with Gasteiger partial charge in [-0.1, -0.05) is 73.7 Å². The highest BCUT2D eigenvalue weighted by Gasteiger charge is 2.31. The Morgan fingerprint density at radius 1 is 1.05 bits per heavy atom. The Morgan fingerprint density at radius 2 is 1.74 bits per heavy atom. The lowest BCUT2D eigenvalue weighted by Gasteiger charge is -2.33. The maximum absolute atomic E-state index is 13.5. The van der Waals surface area contributed by atoms with Crippen LogP contribution >= 0.6 is 23.2 Å². The molecule has 0 spiro atoms. The van der Waals surface area contributed by atoms with Gasteiger partial charge in [0.25, 0.3) is 0 Å². The molecule has 3 rings (SSSR count). The van der Waals surface area contributed by atoms with Gasteiger partial charge in [0.1, 0.15) is 6.04 Å². The Hall–Kier alpha value is -2.13. The fraction of sp³-hybridized carbons (Fsp3) is 0.500. The summed E-state index contributed by atoms with van der Waals surface area (Å²) in [7, 11) is -2.15. The second-order valence-corrected chi connectivity index (χ2v) is 12.7. The van der Waals surface area contributed by atoms with Crippen molar-refractivity contribution in [1.82, 2.24) is 14.5 Å². The first kappa shape index (κ1) is 30.4. The number of benzene rings is 2. The minimum atomic E-state index is -3.65. The minimum absolute atomic E-state index is 0.0903. The first-order valence-corrected chi connectivity index (χ1v) is 15.4. The van der Waals surface area contributed by atoms with E-state index in [9.17, 15) is 18.0 Å². The van der Waals surface area contributed by atoms with E-state index in [-0.39, 0.29) is 42.3 Å². The zero-order valence-corrected chi connectivity index (χ0v) is 24.4. The summed E-state index contributed by atoms with van der Waals surface area (Å²) in [5.41, 5.74) is 0.692. The summed E-state index contributed by atoms with van der Waals surface area (Å²) in [4.78, 5) is 28.6. The predicted molar refractivity (Wildman–Crippen MR) is 152 cm³/mol. The number of amides is 2. The largest absolute Gasteiger partial charge is 0.352 e. The van der Waals surface area contributed by atoms with E-state index in [1.165, 1.54) is 17.8 Å². The molecule has 10 heteroatoms. The molecule has 2 aromatic carbocycles. The smallest absolute Gasteiger partial charge is 0.243 e. The quantitative estimate of drug-likeness (QED) is 0.351. The number of sulfonamides is 1. The molecule has 1 atom stereocenters. The van der Waals surface area contributed by atoms with E-state index in [1.54, 1.807) is 53.4 Å². The molecular weight excluding hydrogens is 545 g/mol. The lowest BCUT2D eigenvalue weighted by atomic mass is 9.95. The van der Waals surface area contributed by atoms with Crippen LogP contribution in [0, 0.1) is 0 Å². The van der Waals surface area contributed by atoms with Crippen LogP contribution in [0.25, 0.3) is 0 Å². The molecule has 38 heavy (non-hydrogen) atoms. The van der Waals surface area contributed by atoms with Gasteiger partial charge < -0.3 is 10.2 Å². The lowest BCUT2D eigenvalue weighted by molar-refractivity contribution is -0.141. The van der Waals surface area contributed by atoms with E-state index in [1.807, 2.05) is 6.92 Å². The average Bonchev–Trinajstić information content (AvgIpc) is 2.90. The van der Waals surface area contributed by atoms with E-state index in [4.69, 9.17) is 23.2 Å². The topological polar surface area (TPSA) is 86.8 Å². The van der Waals surface area contributed by atoms with Gasteiger partial charge in [0.15, 0.2) is 0 Å². The van der Waals surface area contributed by atoms with Crippen molar-refractivity contribution in [2.45, 2.75) is 81.8 Å². The van der Waals surface area contributed by atoms with Crippen LogP contribution in [0.4, 0.5) is 0 Å². The first-order chi connectivity index (χ1) is 18.1. The molecule has 2 amide bonds. The summed E-state index contributed by atoms with van der Waals surface area (Å²) in [6.45, 7) is 2.21. The molecule has 1 fully saturated rings. The van der Waals surface area contributed by atoms with Crippen LogP contribution in [0.15, 0.2) is 53.4 Å². The molecule has 1 unspecified atom stereocenters. The molecule has 2 aromatic rings. The summed E-state index contributed by atoms with van der Waals surface area (Å²) in [5.74, 6) is -0.395. The summed E-state index contributed by atoms with van der Waals surface area (Å²) in [5, 5.41) is 4.06. The minimum Gasteiger partial charge on any atom is -0.352 e. The number of halogens is 2. The summed E-state index contributed by atoms with van der Waals surface area (Å²) in [6.07, 6.45) is 6.09. The number of rotatable bonds is 12. The summed E-state index contributed by atoms with van der Waals surface area (Å²) < 4.78 is 26.9. The van der Waals surface area contributed by atoms with Crippen molar-refractivity contribution < 1.29 is 18.0 Å². The predicted octanol–water partition coefficient (Wildman–Crippen LogP) is 5.65. The molecule has 7 nitrogen and oxygen atoms in total. The summed E-state index contributed by atoms with van der Waals surface area (Å²) in [6, 6.07) is 12.7. The van der Waals surface area contributed by atoms with Crippen molar-refractivity contribution in [1.29, 1.82) is 0 Å². The maximum atomic E-state index is 13.5. The molecule has 208 valence electrons. The van der Waals surface area contributed by atoms with Crippen molar-refractivity contribution in [2.75, 3.05) is 13.6 Å². The molecule has 0 aromatic heterocycles. The van der Waals surface area contributed by atoms with Gasteiger partial charge in [-0.25, -0.2) is 12.7 Å². The van der Waals surface area contributed by atoms with Crippen LogP contribution in [0.5, 0.6) is 0 Å². The SMILES string of the molecule is CCC(C(=O)NC1CCCCC1)N(Cc1ccc(Cl)cc1Cl)C(=O)CCCN(C)S(=O)(=O)c1ccccc1. The molecule has 0 aliphatic heterocycles. The molecule has 0 bridgehead atoms. The molecule has 1 N–H and O–H groups in total. The number of hydrogen-bond donors (Lipinski definition) is 1. The van der Waals surface area contributed by atoms with Crippen LogP contribution in [-0.2, 0) is 26.2 Å². The highest BCUT2D eigenvalue weighted by atomic mass is 35.5. The van der Waals surface area contributed by atoms with Crippen molar-refractivity contribution in [3.63, 3.8) is 0 Å². The van der Waals surface area contributed by atoms with Crippen molar-refractivity contribution >= 4 is 45.0 Å². The van der Waals surface area contributed by atoms with Crippen molar-refractivity contribution in [3.8, 4) is 0 Å². The van der Waals surface area contributed by atoms with E-state index in [0.29, 0.717) is 28.5 Å². The van der Waals surface area contributed by atoms with Gasteiger partial charge in [-0.15, -0.1) is 0 Å². The first-order valence-electron chi connectivity index (χ1n) is 13.2. The fourth-order valence-corrected chi connectivity index (χ4v) is 6.49. The third-order valence-electron chi connectivity index (χ3n) is 7.01. The number of hydrogen-bond acceptors (Lipinski definition) is 4. The number of carbonyl (C=O) groups is 2. The number of carbonyl (C=O) groups excluding carboxylic acids is 2. The van der Waals surface area contributed by atoms with Gasteiger partial charge >= 0.3 is 0 Å². The number of nitrogens with one attached hydrogen (secondary N) is 1. The van der Waals surface area contributed by atoms with E-state index in [2.05, 4.69) is 5.32 Å². The number of nitrogens with zero attached hydrogens (tertiary/aromatic N) is 2. The molecule has 0 radical (unpaired) electrons. The maximum Gasteiger partial charge on any atom is 0.243 e. The normalized spacial score (nSPS) is 15.3. The van der Waals surface area contributed by atoms with Gasteiger partial charge in [0, 0.05) is 42.6 Å². The molecular formula is C28H37Cl2N3O4S. The zero-order valence-electron chi connectivity index (χ0n) is 22.0. The van der Waals surface area contributed by atoms with Gasteiger partial charge in [-0.05, 0) is 55.5 Å². The summed E-state index contributed by atoms with van der Waals surface area (Å²) >= 11 is 12.5. The van der Waals surface area contributed by atoms with Crippen LogP contribution in [0.3, 0.4) is 0 Å². The standard InChI is InChI=1S/C28H37Cl2N3O4S/c1-3-26(28(35)31-23-11-6-4-7-12-23)33(20-21-16-17-22(29)19-25(21)30)27(34)15-10-18-32(2)38(36,37)24-13-8-5-9-14-24/h5,8-9,13-14,16-17,19,23,26H,3-4,6-7,10-12,15,18,20H2,1-2H3,(H,31,35). The average molecular weight is 583 g/mol. The molecule has 1 saturated carbocycles. The van der Waals surface area contributed by atoms with Crippen molar-refractivity contribution in [3.05, 3.63) is 64.1 Å². The Labute approximate surface area is 236 Å². The lowest BCUT2D eigenvalue weighted by Crippen LogP contribution is -2.51. The molecule has 1 aliphatic carbocycles. The van der Waals surface area contributed by atoms with E-state index in [0.717, 1.165) is 25.7 Å². The van der Waals surface area contributed by atoms with Crippen LogP contribution < -0.4 is 5.32 Å². The zero-order chi connectivity index (χ0) is 27.7. The Balaban J connectivity index is 1.72. The Bertz CT molecular complexity index is 1190. The Morgan fingerprint density at radius 3 is 2.37 bits per heavy atom. The van der Waals surface area contributed by atoms with E-state index < -0.39 is 16.1 Å². The highest BCUT2D eigenvalue weighted by molar-refractivity contribution is 7.89. The third-order valence-corrected chi connectivity index (χ3v) is 9.47. The second kappa shape index (κ2) is 14.3. The third kappa shape index (κ3) is 8.18. The van der Waals surface area contributed by atoms with Gasteiger partial charge in [-0.3, -0.25) is 9.59 Å². The van der Waals surface area contributed by atoms with Crippen LogP contribution in [-0.4, -0.2) is 55.1 Å². The van der Waals surface area contributed by atoms with Gasteiger partial charge in [0.2, 0.25) is 21.8 Å². The van der Waals surface area contributed by atoms with Crippen molar-refractivity contribution in [2.24, 2.45) is 0 Å². The molecule has 0 saturated heterocycles. The van der Waals surface area contributed by atoms with Crippen LogP contribution in [0.2, 0.25) is 10.0 Å². The van der Waals surface area contributed by atoms with E-state index >= 15 is 0 Å². The van der Waals surface area contributed by atoms with Gasteiger partial charge in [-0.2, -0.15) is 0 Å². The fourth-order valence-electron chi connectivity index (χ4n) is 4.79. The molecule has 1 aliphatic rings. The second-order valence-electron chi connectivity index (χ2n) is 9.77.